The Labute approximate surface area is 143 Å². The number of carbonyl (C=O) groups is 1. The van der Waals surface area contributed by atoms with E-state index in [-0.39, 0.29) is 5.97 Å². The number of rotatable bonds is 4. The van der Waals surface area contributed by atoms with Crippen LogP contribution in [0, 0.1) is 0 Å². The molecule has 122 valence electrons. The van der Waals surface area contributed by atoms with Crippen molar-refractivity contribution in [2.75, 3.05) is 7.11 Å². The molecule has 0 atom stereocenters. The summed E-state index contributed by atoms with van der Waals surface area (Å²) in [7, 11) is 1.39. The number of pyridine rings is 1. The van der Waals surface area contributed by atoms with Gasteiger partial charge >= 0.3 is 5.97 Å². The maximum absolute atomic E-state index is 10.7. The molecule has 3 aromatic rings. The molecule has 0 spiro atoms. The summed E-state index contributed by atoms with van der Waals surface area (Å²) in [4.78, 5) is 14.7. The lowest BCUT2D eigenvalue weighted by Crippen LogP contribution is -2.01. The molecule has 0 amide bonds. The fraction of sp³-hybridized carbons (Fsp3) is 0.143. The quantitative estimate of drug-likeness (QED) is 0.663. The largest absolute Gasteiger partial charge is 0.469 e. The van der Waals surface area contributed by atoms with Gasteiger partial charge in [0.2, 0.25) is 0 Å². The van der Waals surface area contributed by atoms with E-state index >= 15 is 0 Å². The van der Waals surface area contributed by atoms with E-state index in [0.717, 1.165) is 5.56 Å². The highest BCUT2D eigenvalue weighted by Crippen LogP contribution is 2.17. The van der Waals surface area contributed by atoms with Crippen LogP contribution in [0.4, 0.5) is 0 Å². The summed E-state index contributed by atoms with van der Waals surface area (Å²) in [6, 6.07) is 24.6. The molecular formula is C21H21NO2. The summed E-state index contributed by atoms with van der Waals surface area (Å²) in [6.07, 6.45) is 4.58. The number of ether oxygens (including phenoxy) is 1. The van der Waals surface area contributed by atoms with Crippen LogP contribution in [-0.4, -0.2) is 18.1 Å². The second-order valence-corrected chi connectivity index (χ2v) is 5.17. The average Bonchev–Trinajstić information content (AvgIpc) is 2.69. The number of aromatic nitrogens is 1. The third kappa shape index (κ3) is 6.05. The highest BCUT2D eigenvalue weighted by atomic mass is 16.5. The van der Waals surface area contributed by atoms with Crippen LogP contribution in [0.3, 0.4) is 0 Å². The van der Waals surface area contributed by atoms with Gasteiger partial charge in [0.15, 0.2) is 0 Å². The van der Waals surface area contributed by atoms with Crippen molar-refractivity contribution in [2.45, 2.75) is 12.8 Å². The molecule has 0 unspecified atom stereocenters. The van der Waals surface area contributed by atoms with Gasteiger partial charge in [-0.25, -0.2) is 0 Å². The Hall–Kier alpha value is -2.94. The highest BCUT2D eigenvalue weighted by Gasteiger charge is 2.00. The van der Waals surface area contributed by atoms with Crippen LogP contribution in [0.5, 0.6) is 0 Å². The molecule has 2 aromatic carbocycles. The van der Waals surface area contributed by atoms with Crippen molar-refractivity contribution in [3.05, 3.63) is 90.8 Å². The second-order valence-electron chi connectivity index (χ2n) is 5.17. The number of esters is 1. The first-order valence-corrected chi connectivity index (χ1v) is 7.86. The molecule has 3 rings (SSSR count). The number of hydrogen-bond acceptors (Lipinski definition) is 3. The lowest BCUT2D eigenvalue weighted by molar-refractivity contribution is -0.140. The number of methoxy groups -OCH3 is 1. The first kappa shape index (κ1) is 17.4. The Morgan fingerprint density at radius 1 is 0.875 bits per heavy atom. The molecule has 0 fully saturated rings. The molecule has 0 bridgehead atoms. The molecule has 0 saturated heterocycles. The summed E-state index contributed by atoms with van der Waals surface area (Å²) >= 11 is 0. The predicted molar refractivity (Wildman–Crippen MR) is 96.5 cm³/mol. The van der Waals surface area contributed by atoms with Gasteiger partial charge in [0.25, 0.3) is 0 Å². The first-order chi connectivity index (χ1) is 11.8. The van der Waals surface area contributed by atoms with E-state index in [9.17, 15) is 4.79 Å². The van der Waals surface area contributed by atoms with Crippen molar-refractivity contribution in [1.29, 1.82) is 0 Å². The van der Waals surface area contributed by atoms with Crippen molar-refractivity contribution in [3.63, 3.8) is 0 Å². The molecule has 0 radical (unpaired) electrons. The molecule has 0 saturated carbocycles. The average molecular weight is 319 g/mol. The number of aryl methyl sites for hydroxylation is 1. The van der Waals surface area contributed by atoms with Gasteiger partial charge in [-0.15, -0.1) is 0 Å². The van der Waals surface area contributed by atoms with Crippen LogP contribution in [0.1, 0.15) is 12.0 Å². The third-order valence-corrected chi connectivity index (χ3v) is 3.45. The van der Waals surface area contributed by atoms with Gasteiger partial charge < -0.3 is 4.74 Å². The molecule has 24 heavy (non-hydrogen) atoms. The summed E-state index contributed by atoms with van der Waals surface area (Å²) < 4.78 is 4.51. The van der Waals surface area contributed by atoms with Gasteiger partial charge in [0, 0.05) is 18.8 Å². The number of hydrogen-bond donors (Lipinski definition) is 0. The number of benzene rings is 2. The highest BCUT2D eigenvalue weighted by molar-refractivity contribution is 5.69. The maximum Gasteiger partial charge on any atom is 0.305 e. The van der Waals surface area contributed by atoms with Gasteiger partial charge in [0.05, 0.1) is 7.11 Å². The minimum Gasteiger partial charge on any atom is -0.469 e. The molecule has 1 heterocycles. The summed E-state index contributed by atoms with van der Waals surface area (Å²) in [5.41, 5.74) is 3.61. The zero-order valence-corrected chi connectivity index (χ0v) is 13.8. The lowest BCUT2D eigenvalue weighted by Gasteiger charge is -1.98. The Bertz CT molecular complexity index is 675. The van der Waals surface area contributed by atoms with Crippen LogP contribution in [0.2, 0.25) is 0 Å². The number of carbonyl (C=O) groups excluding carboxylic acids is 1. The molecule has 3 heteroatoms. The Morgan fingerprint density at radius 3 is 1.92 bits per heavy atom. The van der Waals surface area contributed by atoms with Crippen LogP contribution in [0.25, 0.3) is 11.1 Å². The van der Waals surface area contributed by atoms with E-state index in [2.05, 4.69) is 58.3 Å². The van der Waals surface area contributed by atoms with Gasteiger partial charge in [-0.1, -0.05) is 66.7 Å². The van der Waals surface area contributed by atoms with Gasteiger partial charge in [-0.2, -0.15) is 0 Å². The topological polar surface area (TPSA) is 39.2 Å². The standard InChI is InChI=1S/C12H10.C9H11NO2/c1-3-7-11(8-4-1)12-9-5-2-6-10-12;1-12-9(11)5-4-8-3-2-6-10-7-8/h1-10H;2-3,6-7H,4-5H2,1H3. The minimum absolute atomic E-state index is 0.182. The van der Waals surface area contributed by atoms with E-state index in [1.165, 1.54) is 18.2 Å². The van der Waals surface area contributed by atoms with E-state index in [1.54, 1.807) is 12.4 Å². The third-order valence-electron chi connectivity index (χ3n) is 3.45. The van der Waals surface area contributed by atoms with Crippen LogP contribution in [0.15, 0.2) is 85.2 Å². The second kappa shape index (κ2) is 9.95. The van der Waals surface area contributed by atoms with Crippen molar-refractivity contribution in [1.82, 2.24) is 4.98 Å². The van der Waals surface area contributed by atoms with E-state index < -0.39 is 0 Å². The molecular weight excluding hydrogens is 298 g/mol. The molecule has 0 N–H and O–H groups in total. The zero-order valence-electron chi connectivity index (χ0n) is 13.8. The molecule has 0 aliphatic heterocycles. The van der Waals surface area contributed by atoms with Crippen molar-refractivity contribution in [3.8, 4) is 11.1 Å². The van der Waals surface area contributed by atoms with Crippen molar-refractivity contribution in [2.24, 2.45) is 0 Å². The minimum atomic E-state index is -0.182. The smallest absolute Gasteiger partial charge is 0.305 e. The van der Waals surface area contributed by atoms with E-state index in [4.69, 9.17) is 0 Å². The number of nitrogens with zero attached hydrogens (tertiary/aromatic N) is 1. The molecule has 0 aliphatic carbocycles. The lowest BCUT2D eigenvalue weighted by atomic mass is 10.1. The first-order valence-electron chi connectivity index (χ1n) is 7.86. The normalized spacial score (nSPS) is 9.54. The van der Waals surface area contributed by atoms with Crippen LogP contribution in [-0.2, 0) is 16.0 Å². The fourth-order valence-corrected chi connectivity index (χ4v) is 2.16. The Balaban J connectivity index is 0.000000174. The monoisotopic (exact) mass is 319 g/mol. The van der Waals surface area contributed by atoms with Gasteiger partial charge in [-0.05, 0) is 29.2 Å². The fourth-order valence-electron chi connectivity index (χ4n) is 2.16. The van der Waals surface area contributed by atoms with Crippen molar-refractivity contribution >= 4 is 5.97 Å². The molecule has 3 nitrogen and oxygen atoms in total. The predicted octanol–water partition coefficient (Wildman–Crippen LogP) is 4.54. The summed E-state index contributed by atoms with van der Waals surface area (Å²) in [5, 5.41) is 0. The van der Waals surface area contributed by atoms with Crippen LogP contribution >= 0.6 is 0 Å². The Morgan fingerprint density at radius 2 is 1.46 bits per heavy atom. The van der Waals surface area contributed by atoms with Gasteiger partial charge in [-0.3, -0.25) is 9.78 Å². The maximum atomic E-state index is 10.7. The zero-order chi connectivity index (χ0) is 17.0. The van der Waals surface area contributed by atoms with Gasteiger partial charge in [0.1, 0.15) is 0 Å². The SMILES string of the molecule is COC(=O)CCc1cccnc1.c1ccc(-c2ccccc2)cc1. The van der Waals surface area contributed by atoms with Crippen molar-refractivity contribution < 1.29 is 9.53 Å². The summed E-state index contributed by atoms with van der Waals surface area (Å²) in [6.45, 7) is 0. The van der Waals surface area contributed by atoms with E-state index in [0.29, 0.717) is 12.8 Å². The molecule has 0 aliphatic rings. The Kier molecular flexibility index (Phi) is 7.22. The molecule has 1 aromatic heterocycles. The van der Waals surface area contributed by atoms with E-state index in [1.807, 2.05) is 24.3 Å². The van der Waals surface area contributed by atoms with Crippen LogP contribution < -0.4 is 0 Å². The summed E-state index contributed by atoms with van der Waals surface area (Å²) in [5.74, 6) is -0.182.